The number of hydrogen-bond acceptors (Lipinski definition) is 1. The van der Waals surface area contributed by atoms with Gasteiger partial charge in [0.05, 0.1) is 5.60 Å². The molecule has 0 atom stereocenters. The molecule has 0 aliphatic heterocycles. The van der Waals surface area contributed by atoms with Gasteiger partial charge >= 0.3 is 0 Å². The Morgan fingerprint density at radius 3 is 1.88 bits per heavy atom. The quantitative estimate of drug-likeness (QED) is 0.432. The van der Waals surface area contributed by atoms with Gasteiger partial charge in [-0.2, -0.15) is 0 Å². The monoisotopic (exact) mass is 252 g/mol. The average Bonchev–Trinajstić information content (AvgIpc) is 1.95. The zero-order valence-corrected chi connectivity index (χ0v) is 13.2. The third-order valence-corrected chi connectivity index (χ3v) is 4.83. The van der Waals surface area contributed by atoms with Gasteiger partial charge in [-0.05, 0) is 52.8 Å². The first kappa shape index (κ1) is 16.4. The van der Waals surface area contributed by atoms with Crippen molar-refractivity contribution in [3.05, 3.63) is 37.0 Å². The van der Waals surface area contributed by atoms with Crippen LogP contribution in [-0.4, -0.2) is 13.9 Å². The molecule has 0 rings (SSSR count). The lowest BCUT2D eigenvalue weighted by Crippen LogP contribution is -2.42. The van der Waals surface area contributed by atoms with E-state index in [2.05, 4.69) is 53.6 Å². The Morgan fingerprint density at radius 1 is 1.18 bits per heavy atom. The van der Waals surface area contributed by atoms with Crippen LogP contribution in [0, 0.1) is 0 Å². The van der Waals surface area contributed by atoms with Crippen LogP contribution in [0.2, 0.25) is 19.1 Å². The van der Waals surface area contributed by atoms with Crippen LogP contribution in [0.4, 0.5) is 0 Å². The van der Waals surface area contributed by atoms with Crippen molar-refractivity contribution in [3.63, 3.8) is 0 Å². The van der Waals surface area contributed by atoms with E-state index >= 15 is 0 Å². The zero-order valence-electron chi connectivity index (χ0n) is 12.2. The molecule has 0 unspecified atom stereocenters. The lowest BCUT2D eigenvalue weighted by Gasteiger charge is -2.38. The van der Waals surface area contributed by atoms with Gasteiger partial charge in [0.1, 0.15) is 0 Å². The molecule has 0 heterocycles. The fourth-order valence-electron chi connectivity index (χ4n) is 2.47. The van der Waals surface area contributed by atoms with E-state index < -0.39 is 8.32 Å². The third kappa shape index (κ3) is 7.34. The van der Waals surface area contributed by atoms with E-state index in [1.54, 1.807) is 0 Å². The summed E-state index contributed by atoms with van der Waals surface area (Å²) in [6.07, 6.45) is 3.76. The number of allylic oxidation sites excluding steroid dienone is 1. The minimum absolute atomic E-state index is 0.156. The molecule has 0 aromatic heterocycles. The van der Waals surface area contributed by atoms with E-state index in [9.17, 15) is 0 Å². The maximum atomic E-state index is 6.43. The van der Waals surface area contributed by atoms with Crippen molar-refractivity contribution in [1.82, 2.24) is 0 Å². The van der Waals surface area contributed by atoms with Crippen LogP contribution in [0.15, 0.2) is 37.0 Å². The summed E-state index contributed by atoms with van der Waals surface area (Å²) >= 11 is 0. The summed E-state index contributed by atoms with van der Waals surface area (Å²) in [5, 5.41) is 0. The summed E-state index contributed by atoms with van der Waals surface area (Å²) in [6.45, 7) is 22.6. The molecule has 17 heavy (non-hydrogen) atoms. The number of rotatable bonds is 8. The molecule has 0 aliphatic rings. The van der Waals surface area contributed by atoms with Gasteiger partial charge in [-0.3, -0.25) is 0 Å². The van der Waals surface area contributed by atoms with Crippen molar-refractivity contribution < 1.29 is 4.43 Å². The fourth-order valence-corrected chi connectivity index (χ4v) is 4.72. The van der Waals surface area contributed by atoms with Gasteiger partial charge in [-0.25, -0.2) is 0 Å². The van der Waals surface area contributed by atoms with Crippen LogP contribution >= 0.6 is 0 Å². The molecule has 0 aliphatic carbocycles. The van der Waals surface area contributed by atoms with Gasteiger partial charge in [0.15, 0.2) is 8.32 Å². The zero-order chi connectivity index (χ0) is 13.7. The predicted molar refractivity (Wildman–Crippen MR) is 80.8 cm³/mol. The first-order valence-electron chi connectivity index (χ1n) is 6.20. The van der Waals surface area contributed by atoms with Crippen LogP contribution < -0.4 is 0 Å². The number of hydrogen-bond donors (Lipinski definition) is 0. The van der Waals surface area contributed by atoms with Crippen molar-refractivity contribution in [2.45, 2.75) is 58.4 Å². The Kier molecular flexibility index (Phi) is 6.14. The minimum Gasteiger partial charge on any atom is -0.411 e. The molecule has 98 valence electrons. The van der Waals surface area contributed by atoms with Crippen molar-refractivity contribution >= 4 is 8.32 Å². The van der Waals surface area contributed by atoms with Gasteiger partial charge in [-0.15, -0.1) is 19.7 Å². The summed E-state index contributed by atoms with van der Waals surface area (Å²) in [7, 11) is -1.67. The lowest BCUT2D eigenvalue weighted by molar-refractivity contribution is 0.0802. The highest BCUT2D eigenvalue weighted by molar-refractivity contribution is 6.71. The summed E-state index contributed by atoms with van der Waals surface area (Å²) in [6, 6.07) is 0.981. The van der Waals surface area contributed by atoms with Gasteiger partial charge in [-0.1, -0.05) is 17.2 Å². The van der Waals surface area contributed by atoms with E-state index in [1.165, 1.54) is 0 Å². The topological polar surface area (TPSA) is 9.23 Å². The normalized spacial score (nSPS) is 12.3. The maximum absolute atomic E-state index is 6.43. The Bertz CT molecular complexity index is 286. The van der Waals surface area contributed by atoms with Gasteiger partial charge in [0, 0.05) is 0 Å². The van der Waals surface area contributed by atoms with Gasteiger partial charge < -0.3 is 4.43 Å². The van der Waals surface area contributed by atoms with E-state index in [-0.39, 0.29) is 5.60 Å². The molecule has 0 saturated heterocycles. The molecule has 1 nitrogen and oxygen atoms in total. The summed E-state index contributed by atoms with van der Waals surface area (Å²) < 4.78 is 6.43. The summed E-state index contributed by atoms with van der Waals surface area (Å²) in [5.41, 5.74) is 2.17. The van der Waals surface area contributed by atoms with E-state index in [1.807, 2.05) is 6.08 Å². The molecular formula is C15H28OSi. The maximum Gasteiger partial charge on any atom is 0.191 e. The Morgan fingerprint density at radius 2 is 1.59 bits per heavy atom. The second-order valence-electron chi connectivity index (χ2n) is 6.07. The largest absolute Gasteiger partial charge is 0.411 e. The average molecular weight is 252 g/mol. The molecule has 0 saturated carbocycles. The van der Waals surface area contributed by atoms with Crippen LogP contribution in [-0.2, 0) is 4.43 Å². The molecule has 0 aromatic rings. The van der Waals surface area contributed by atoms with Crippen LogP contribution in [0.3, 0.4) is 0 Å². The molecule has 0 N–H and O–H groups in total. The highest BCUT2D eigenvalue weighted by Gasteiger charge is 2.33. The molecule has 0 aromatic carbocycles. The highest BCUT2D eigenvalue weighted by Crippen LogP contribution is 2.31. The van der Waals surface area contributed by atoms with Gasteiger partial charge in [0.2, 0.25) is 0 Å². The molecule has 0 bridgehead atoms. The van der Waals surface area contributed by atoms with E-state index in [0.717, 1.165) is 30.0 Å². The molecule has 0 radical (unpaired) electrons. The third-order valence-electron chi connectivity index (χ3n) is 2.51. The smallest absolute Gasteiger partial charge is 0.191 e. The van der Waals surface area contributed by atoms with Gasteiger partial charge in [0.25, 0.3) is 0 Å². The molecule has 0 spiro atoms. The fraction of sp³-hybridized carbons (Fsp3) is 0.600. The first-order valence-corrected chi connectivity index (χ1v) is 9.31. The Balaban J connectivity index is 4.85. The van der Waals surface area contributed by atoms with Crippen molar-refractivity contribution in [2.24, 2.45) is 0 Å². The summed E-state index contributed by atoms with van der Waals surface area (Å²) in [4.78, 5) is 0. The standard InChI is InChI=1S/C15H28OSi/c1-9-10-17(7,8)16-15(6,11-13(2)3)12-14(4)5/h9H,1-2,4,10-12H2,3,5-8H3. The highest BCUT2D eigenvalue weighted by atomic mass is 28.4. The van der Waals surface area contributed by atoms with E-state index in [0.29, 0.717) is 0 Å². The molecule has 2 heteroatoms. The summed E-state index contributed by atoms with van der Waals surface area (Å²) in [5.74, 6) is 0. The SMILES string of the molecule is C=CC[Si](C)(C)OC(C)(CC(=C)C)CC(=C)C. The van der Waals surface area contributed by atoms with Crippen molar-refractivity contribution in [1.29, 1.82) is 0 Å². The Labute approximate surface area is 108 Å². The first-order chi connectivity index (χ1) is 7.60. The Hall–Kier alpha value is -0.603. The molecule has 0 fully saturated rings. The minimum atomic E-state index is -1.67. The van der Waals surface area contributed by atoms with E-state index in [4.69, 9.17) is 4.43 Å². The molecule has 0 amide bonds. The van der Waals surface area contributed by atoms with Crippen molar-refractivity contribution in [2.75, 3.05) is 0 Å². The van der Waals surface area contributed by atoms with Crippen LogP contribution in [0.1, 0.15) is 33.6 Å². The lowest BCUT2D eigenvalue weighted by atomic mass is 9.91. The second-order valence-corrected chi connectivity index (χ2v) is 10.2. The second kappa shape index (κ2) is 6.36. The predicted octanol–water partition coefficient (Wildman–Crippen LogP) is 5.09. The van der Waals surface area contributed by atoms with Crippen LogP contribution in [0.25, 0.3) is 0 Å². The molecular weight excluding hydrogens is 224 g/mol. The van der Waals surface area contributed by atoms with Crippen LogP contribution in [0.5, 0.6) is 0 Å². The van der Waals surface area contributed by atoms with Crippen molar-refractivity contribution in [3.8, 4) is 0 Å².